The van der Waals surface area contributed by atoms with E-state index in [1.54, 1.807) is 0 Å². The number of carbonyl (C=O) groups excluding carboxylic acids is 3. The second-order valence-electron chi connectivity index (χ2n) is 10.1. The Balaban J connectivity index is 1.27. The number of aliphatic imine (C=N–C) groups is 1. The highest BCUT2D eigenvalue weighted by atomic mass is 16.5. The maximum atomic E-state index is 13.3. The summed E-state index contributed by atoms with van der Waals surface area (Å²) < 4.78 is 22.1. The number of unbranched alkanes of at least 4 members (excludes halogenated alkanes) is 1. The average Bonchev–Trinajstić information content (AvgIpc) is 3.46. The van der Waals surface area contributed by atoms with Crippen LogP contribution in [0.2, 0.25) is 0 Å². The molecule has 1 fully saturated rings. The average molecular weight is 551 g/mol. The molecule has 0 bridgehead atoms. The zero-order valence-corrected chi connectivity index (χ0v) is 23.5. The molecule has 2 aromatic rings. The summed E-state index contributed by atoms with van der Waals surface area (Å²) in [5.74, 6) is -0.119. The highest BCUT2D eigenvalue weighted by Crippen LogP contribution is 2.38. The smallest absolute Gasteiger partial charge is 0.248 e. The summed E-state index contributed by atoms with van der Waals surface area (Å²) in [7, 11) is 4.38. The van der Waals surface area contributed by atoms with Gasteiger partial charge in [0.2, 0.25) is 23.2 Å². The Morgan fingerprint density at radius 2 is 1.70 bits per heavy atom. The lowest BCUT2D eigenvalue weighted by Gasteiger charge is -2.36. The van der Waals surface area contributed by atoms with Crippen molar-refractivity contribution in [3.8, 4) is 17.2 Å². The molecule has 0 saturated heterocycles. The molecule has 0 N–H and O–H groups in total. The van der Waals surface area contributed by atoms with E-state index in [0.717, 1.165) is 24.8 Å². The van der Waals surface area contributed by atoms with Crippen LogP contribution in [0.25, 0.3) is 0 Å². The van der Waals surface area contributed by atoms with Crippen molar-refractivity contribution in [1.82, 2.24) is 4.90 Å². The van der Waals surface area contributed by atoms with Gasteiger partial charge in [-0.3, -0.25) is 19.4 Å². The van der Waals surface area contributed by atoms with Gasteiger partial charge in [-0.05, 0) is 49.8 Å². The van der Waals surface area contributed by atoms with Gasteiger partial charge >= 0.3 is 0 Å². The predicted octanol–water partition coefficient (Wildman–Crippen LogP) is 4.44. The summed E-state index contributed by atoms with van der Waals surface area (Å²) in [6, 6.07) is 12.6. The molecular formula is C31H38N2O7. The molecule has 1 unspecified atom stereocenters. The van der Waals surface area contributed by atoms with Crippen LogP contribution < -0.4 is 14.2 Å². The lowest BCUT2D eigenvalue weighted by atomic mass is 10.00. The lowest BCUT2D eigenvalue weighted by molar-refractivity contribution is -0.137. The quantitative estimate of drug-likeness (QED) is 0.195. The van der Waals surface area contributed by atoms with Crippen LogP contribution in [0.3, 0.4) is 0 Å². The second-order valence-corrected chi connectivity index (χ2v) is 10.1. The molecule has 3 atom stereocenters. The largest absolute Gasteiger partial charge is 0.493 e. The van der Waals surface area contributed by atoms with E-state index >= 15 is 0 Å². The van der Waals surface area contributed by atoms with Gasteiger partial charge in [-0.15, -0.1) is 0 Å². The van der Waals surface area contributed by atoms with Gasteiger partial charge < -0.3 is 23.8 Å². The van der Waals surface area contributed by atoms with Crippen molar-refractivity contribution < 1.29 is 33.3 Å². The number of amides is 1. The first kappa shape index (κ1) is 29.3. The van der Waals surface area contributed by atoms with Gasteiger partial charge in [0, 0.05) is 18.2 Å². The number of methoxy groups -OCH3 is 3. The number of ether oxygens (including phenoxy) is 4. The van der Waals surface area contributed by atoms with Gasteiger partial charge in [0.25, 0.3) is 0 Å². The molecule has 9 heteroatoms. The zero-order valence-electron chi connectivity index (χ0n) is 23.5. The van der Waals surface area contributed by atoms with Crippen molar-refractivity contribution in [2.45, 2.75) is 69.7 Å². The highest BCUT2D eigenvalue weighted by Gasteiger charge is 2.38. The van der Waals surface area contributed by atoms with E-state index in [-0.39, 0.29) is 30.0 Å². The summed E-state index contributed by atoms with van der Waals surface area (Å²) in [6.07, 6.45) is 6.41. The van der Waals surface area contributed by atoms with E-state index in [9.17, 15) is 14.4 Å². The molecule has 0 aromatic heterocycles. The standard InChI is InChI=1S/C31H38N2O7/c1-37-27-18-22(19-28(38-2)30(27)39-3)29(35)25(34)14-8-7-12-23-31(36)33(17-16-32-23)24-13-9-15-26(24)40-20-21-10-5-4-6-11-21/h4-6,10-11,16,18-19,23-24,26H,7-9,12-15,17,20H2,1-3H3/t23?,24-,26-/m0/s1. The number of hydrogen-bond donors (Lipinski definition) is 0. The third-order valence-corrected chi connectivity index (χ3v) is 7.57. The van der Waals surface area contributed by atoms with Crippen LogP contribution in [0.4, 0.5) is 0 Å². The fraction of sp³-hybridized carbons (Fsp3) is 0.484. The van der Waals surface area contributed by atoms with Crippen molar-refractivity contribution in [2.75, 3.05) is 27.9 Å². The Labute approximate surface area is 235 Å². The van der Waals surface area contributed by atoms with E-state index in [2.05, 4.69) is 4.99 Å². The highest BCUT2D eigenvalue weighted by molar-refractivity contribution is 6.43. The van der Waals surface area contributed by atoms with Crippen molar-refractivity contribution in [3.05, 3.63) is 53.6 Å². The molecule has 2 aromatic carbocycles. The van der Waals surface area contributed by atoms with Crippen LogP contribution in [0.1, 0.15) is 60.9 Å². The Morgan fingerprint density at radius 3 is 2.38 bits per heavy atom. The number of carbonyl (C=O) groups is 3. The normalized spacial score (nSPS) is 20.4. The first-order chi connectivity index (χ1) is 19.5. The molecule has 1 heterocycles. The summed E-state index contributed by atoms with van der Waals surface area (Å²) in [5, 5.41) is 0. The van der Waals surface area contributed by atoms with Gasteiger partial charge in [0.05, 0.1) is 46.6 Å². The molecule has 2 aliphatic rings. The topological polar surface area (TPSA) is 104 Å². The zero-order chi connectivity index (χ0) is 28.5. The summed E-state index contributed by atoms with van der Waals surface area (Å²) >= 11 is 0. The summed E-state index contributed by atoms with van der Waals surface area (Å²) in [6.45, 7) is 1.03. The van der Waals surface area contributed by atoms with E-state index < -0.39 is 17.6 Å². The minimum Gasteiger partial charge on any atom is -0.493 e. The second kappa shape index (κ2) is 14.1. The molecule has 1 amide bonds. The lowest BCUT2D eigenvalue weighted by Crippen LogP contribution is -2.51. The summed E-state index contributed by atoms with van der Waals surface area (Å²) in [4.78, 5) is 45.2. The number of nitrogens with zero attached hydrogens (tertiary/aromatic N) is 2. The monoisotopic (exact) mass is 550 g/mol. The number of benzene rings is 2. The van der Waals surface area contributed by atoms with Crippen LogP contribution in [-0.2, 0) is 20.9 Å². The predicted molar refractivity (Wildman–Crippen MR) is 151 cm³/mol. The molecule has 0 radical (unpaired) electrons. The van der Waals surface area contributed by atoms with Gasteiger partial charge in [-0.25, -0.2) is 0 Å². The first-order valence-corrected chi connectivity index (χ1v) is 13.8. The van der Waals surface area contributed by atoms with Crippen LogP contribution in [0, 0.1) is 0 Å². The Hall–Kier alpha value is -3.72. The third-order valence-electron chi connectivity index (χ3n) is 7.57. The van der Waals surface area contributed by atoms with E-state index in [4.69, 9.17) is 18.9 Å². The molecule has 1 aliphatic carbocycles. The first-order valence-electron chi connectivity index (χ1n) is 13.8. The fourth-order valence-corrected chi connectivity index (χ4v) is 5.45. The minimum atomic E-state index is -0.611. The Bertz CT molecular complexity index is 1190. The number of hydrogen-bond acceptors (Lipinski definition) is 8. The fourth-order valence-electron chi connectivity index (χ4n) is 5.45. The van der Waals surface area contributed by atoms with Crippen molar-refractivity contribution in [2.24, 2.45) is 4.99 Å². The van der Waals surface area contributed by atoms with Gasteiger partial charge in [0.1, 0.15) is 6.04 Å². The molecule has 0 spiro atoms. The van der Waals surface area contributed by atoms with Crippen molar-refractivity contribution in [3.63, 3.8) is 0 Å². The van der Waals surface area contributed by atoms with Gasteiger partial charge in [0.15, 0.2) is 11.5 Å². The van der Waals surface area contributed by atoms with Gasteiger partial charge in [-0.2, -0.15) is 0 Å². The third kappa shape index (κ3) is 6.88. The number of Topliss-reactive ketones (excluding diaryl/α,β-unsaturated/α-hetero) is 2. The Morgan fingerprint density at radius 1 is 0.975 bits per heavy atom. The Kier molecular flexibility index (Phi) is 10.3. The van der Waals surface area contributed by atoms with Crippen molar-refractivity contribution >= 4 is 23.7 Å². The minimum absolute atomic E-state index is 0.00939. The maximum Gasteiger partial charge on any atom is 0.248 e. The van der Waals surface area contributed by atoms with E-state index in [1.165, 1.54) is 33.5 Å². The van der Waals surface area contributed by atoms with Gasteiger partial charge in [-0.1, -0.05) is 36.8 Å². The maximum absolute atomic E-state index is 13.3. The van der Waals surface area contributed by atoms with Crippen LogP contribution in [0.15, 0.2) is 47.5 Å². The molecule has 1 saturated carbocycles. The molecule has 9 nitrogen and oxygen atoms in total. The molecule has 1 aliphatic heterocycles. The van der Waals surface area contributed by atoms with Crippen LogP contribution in [-0.4, -0.2) is 74.6 Å². The molecular weight excluding hydrogens is 512 g/mol. The molecule has 40 heavy (non-hydrogen) atoms. The van der Waals surface area contributed by atoms with E-state index in [1.807, 2.05) is 41.4 Å². The number of ketones is 2. The SMILES string of the molecule is COc1cc(C(=O)C(=O)CCCCC2N=CCN([C@H]3CCC[C@@H]3OCc3ccccc3)C2=O)cc(OC)c1OC. The van der Waals surface area contributed by atoms with Crippen molar-refractivity contribution in [1.29, 1.82) is 0 Å². The summed E-state index contributed by atoms with van der Waals surface area (Å²) in [5.41, 5.74) is 1.30. The number of rotatable bonds is 14. The van der Waals surface area contributed by atoms with E-state index in [0.29, 0.717) is 49.7 Å². The molecule has 214 valence electrons. The van der Waals surface area contributed by atoms with Crippen LogP contribution >= 0.6 is 0 Å². The molecule has 4 rings (SSSR count). The van der Waals surface area contributed by atoms with Crippen LogP contribution in [0.5, 0.6) is 17.2 Å².